The smallest absolute Gasteiger partial charge is 0.340 e. The molecule has 0 bridgehead atoms. The lowest BCUT2D eigenvalue weighted by molar-refractivity contribution is -0.133. The average molecular weight is 397 g/mol. The van der Waals surface area contributed by atoms with Crippen LogP contribution in [0.25, 0.3) is 0 Å². The number of carbonyl (C=O) groups excluding carboxylic acids is 3. The lowest BCUT2D eigenvalue weighted by Gasteiger charge is -2.11. The molecular formula is C20H19N3O4S. The Kier molecular flexibility index (Phi) is 8.06. The number of anilines is 2. The zero-order chi connectivity index (χ0) is 20.4. The van der Waals surface area contributed by atoms with Gasteiger partial charge in [-0.3, -0.25) is 9.59 Å². The Bertz CT molecular complexity index is 891. The van der Waals surface area contributed by atoms with Gasteiger partial charge >= 0.3 is 17.8 Å². The van der Waals surface area contributed by atoms with Gasteiger partial charge in [0.2, 0.25) is 0 Å². The van der Waals surface area contributed by atoms with Gasteiger partial charge in [0.25, 0.3) is 0 Å². The highest BCUT2D eigenvalue weighted by molar-refractivity contribution is 8.03. The Hall–Kier alpha value is -3.31. The third-order valence-electron chi connectivity index (χ3n) is 3.61. The Balaban J connectivity index is 2.01. The lowest BCUT2D eigenvalue weighted by Crippen LogP contribution is -2.29. The van der Waals surface area contributed by atoms with Crippen molar-refractivity contribution in [1.29, 1.82) is 5.26 Å². The summed E-state index contributed by atoms with van der Waals surface area (Å²) in [5, 5.41) is 15.5. The Morgan fingerprint density at radius 3 is 2.39 bits per heavy atom. The van der Waals surface area contributed by atoms with Gasteiger partial charge in [0.15, 0.2) is 0 Å². The number of thiocyanates is 1. The highest BCUT2D eigenvalue weighted by Crippen LogP contribution is 2.19. The number of nitriles is 1. The average Bonchev–Trinajstić information content (AvgIpc) is 2.70. The quantitative estimate of drug-likeness (QED) is 0.242. The third kappa shape index (κ3) is 6.14. The number of amides is 2. The number of thioether (sulfide) groups is 1. The van der Waals surface area contributed by atoms with Gasteiger partial charge in [-0.1, -0.05) is 25.5 Å². The summed E-state index contributed by atoms with van der Waals surface area (Å²) in [4.78, 5) is 37.2. The van der Waals surface area contributed by atoms with Gasteiger partial charge < -0.3 is 15.4 Å². The largest absolute Gasteiger partial charge is 0.462 e. The van der Waals surface area contributed by atoms with Crippen molar-refractivity contribution in [3.05, 3.63) is 54.1 Å². The highest BCUT2D eigenvalue weighted by atomic mass is 32.2. The molecule has 2 aromatic rings. The maximum atomic E-state index is 12.2. The summed E-state index contributed by atoms with van der Waals surface area (Å²) in [5.41, 5.74) is 0.789. The van der Waals surface area contributed by atoms with Gasteiger partial charge in [-0.05, 0) is 54.6 Å². The van der Waals surface area contributed by atoms with E-state index >= 15 is 0 Å². The summed E-state index contributed by atoms with van der Waals surface area (Å²) in [6, 6.07) is 12.8. The molecule has 0 saturated heterocycles. The molecule has 0 heterocycles. The normalized spacial score (nSPS) is 9.86. The molecule has 28 heavy (non-hydrogen) atoms. The summed E-state index contributed by atoms with van der Waals surface area (Å²) >= 11 is 0.992. The second-order valence-electron chi connectivity index (χ2n) is 5.66. The number of benzene rings is 2. The minimum atomic E-state index is -0.913. The number of nitrogens with zero attached hydrogens (tertiary/aromatic N) is 1. The van der Waals surface area contributed by atoms with E-state index in [-0.39, 0.29) is 17.9 Å². The number of hydrogen-bond acceptors (Lipinski definition) is 6. The first-order valence-electron chi connectivity index (χ1n) is 8.59. The molecule has 0 aliphatic rings. The standard InChI is InChI=1S/C20H19N3O4S/c1-2-3-12-27-20(26)16-6-4-5-7-17(16)23-19(25)18(24)22-14-8-10-15(11-9-14)28-13-21/h4-11H,2-3,12H2,1H3,(H,22,24)(H,23,25). The summed E-state index contributed by atoms with van der Waals surface area (Å²) in [6.45, 7) is 2.27. The molecule has 2 rings (SSSR count). The second-order valence-corrected chi connectivity index (χ2v) is 6.52. The Morgan fingerprint density at radius 2 is 1.71 bits per heavy atom. The zero-order valence-electron chi connectivity index (χ0n) is 15.2. The van der Waals surface area contributed by atoms with Crippen LogP contribution in [0.1, 0.15) is 30.1 Å². The Morgan fingerprint density at radius 1 is 1.04 bits per heavy atom. The fourth-order valence-corrected chi connectivity index (χ4v) is 2.56. The molecule has 0 spiro atoms. The molecule has 0 aromatic heterocycles. The van der Waals surface area contributed by atoms with E-state index in [9.17, 15) is 14.4 Å². The van der Waals surface area contributed by atoms with Crippen LogP contribution in [-0.4, -0.2) is 24.4 Å². The third-order valence-corrected chi connectivity index (χ3v) is 4.21. The van der Waals surface area contributed by atoms with Crippen LogP contribution in [0.3, 0.4) is 0 Å². The maximum Gasteiger partial charge on any atom is 0.340 e. The number of hydrogen-bond donors (Lipinski definition) is 2. The molecule has 0 radical (unpaired) electrons. The van der Waals surface area contributed by atoms with E-state index < -0.39 is 17.8 Å². The summed E-state index contributed by atoms with van der Waals surface area (Å²) in [7, 11) is 0. The molecule has 2 amide bonds. The molecule has 0 atom stereocenters. The number of ether oxygens (including phenoxy) is 1. The first-order valence-corrected chi connectivity index (χ1v) is 9.41. The first-order chi connectivity index (χ1) is 13.5. The van der Waals surface area contributed by atoms with Crippen LogP contribution in [0.4, 0.5) is 11.4 Å². The predicted molar refractivity (Wildman–Crippen MR) is 107 cm³/mol. The van der Waals surface area contributed by atoms with Crippen molar-refractivity contribution < 1.29 is 19.1 Å². The summed E-state index contributed by atoms with van der Waals surface area (Å²) < 4.78 is 5.16. The fraction of sp³-hybridized carbons (Fsp3) is 0.200. The van der Waals surface area contributed by atoms with E-state index in [0.29, 0.717) is 5.69 Å². The van der Waals surface area contributed by atoms with Gasteiger partial charge in [-0.25, -0.2) is 4.79 Å². The van der Waals surface area contributed by atoms with Gasteiger partial charge in [0.05, 0.1) is 17.9 Å². The molecule has 0 aliphatic heterocycles. The van der Waals surface area contributed by atoms with Crippen molar-refractivity contribution in [2.24, 2.45) is 0 Å². The number of nitrogens with one attached hydrogen (secondary N) is 2. The second kappa shape index (κ2) is 10.7. The van der Waals surface area contributed by atoms with E-state index in [4.69, 9.17) is 10.00 Å². The van der Waals surface area contributed by atoms with E-state index in [1.807, 2.05) is 12.3 Å². The maximum absolute atomic E-state index is 12.2. The van der Waals surface area contributed by atoms with Gasteiger partial charge in [0.1, 0.15) is 5.40 Å². The molecule has 7 nitrogen and oxygen atoms in total. The predicted octanol–water partition coefficient (Wildman–Crippen LogP) is 3.79. The van der Waals surface area contributed by atoms with Crippen molar-refractivity contribution in [3.63, 3.8) is 0 Å². The van der Waals surface area contributed by atoms with Crippen molar-refractivity contribution in [1.82, 2.24) is 0 Å². The monoisotopic (exact) mass is 397 g/mol. The van der Waals surface area contributed by atoms with Crippen molar-refractivity contribution in [2.75, 3.05) is 17.2 Å². The van der Waals surface area contributed by atoms with E-state index in [2.05, 4.69) is 10.6 Å². The summed E-state index contributed by atoms with van der Waals surface area (Å²) in [6.07, 6.45) is 1.64. The van der Waals surface area contributed by atoms with Crippen LogP contribution < -0.4 is 10.6 Å². The minimum Gasteiger partial charge on any atom is -0.462 e. The molecule has 0 fully saturated rings. The van der Waals surface area contributed by atoms with Crippen molar-refractivity contribution >= 4 is 40.9 Å². The molecule has 8 heteroatoms. The van der Waals surface area contributed by atoms with E-state index in [0.717, 1.165) is 29.5 Å². The van der Waals surface area contributed by atoms with Gasteiger partial charge in [-0.2, -0.15) is 5.26 Å². The van der Waals surface area contributed by atoms with Crippen LogP contribution in [0.15, 0.2) is 53.4 Å². The van der Waals surface area contributed by atoms with Crippen molar-refractivity contribution in [3.8, 4) is 5.40 Å². The number of unbranched alkanes of at least 4 members (excludes halogenated alkanes) is 1. The molecule has 144 valence electrons. The number of para-hydroxylation sites is 1. The molecule has 0 aliphatic carbocycles. The van der Waals surface area contributed by atoms with E-state index in [1.54, 1.807) is 36.4 Å². The fourth-order valence-electron chi connectivity index (χ4n) is 2.18. The van der Waals surface area contributed by atoms with Gasteiger partial charge in [-0.15, -0.1) is 0 Å². The van der Waals surface area contributed by atoms with Crippen LogP contribution >= 0.6 is 11.8 Å². The topological polar surface area (TPSA) is 108 Å². The first kappa shape index (κ1) is 21.0. The SMILES string of the molecule is CCCCOC(=O)c1ccccc1NC(=O)C(=O)Nc1ccc(SC#N)cc1. The summed E-state index contributed by atoms with van der Waals surface area (Å²) in [5.74, 6) is -2.35. The molecule has 2 aromatic carbocycles. The van der Waals surface area contributed by atoms with Gasteiger partial charge in [0, 0.05) is 10.6 Å². The van der Waals surface area contributed by atoms with E-state index in [1.165, 1.54) is 12.1 Å². The van der Waals surface area contributed by atoms with Crippen LogP contribution in [-0.2, 0) is 14.3 Å². The van der Waals surface area contributed by atoms with Crippen molar-refractivity contribution in [2.45, 2.75) is 24.7 Å². The molecule has 0 saturated carbocycles. The van der Waals surface area contributed by atoms with Crippen LogP contribution in [0.5, 0.6) is 0 Å². The van der Waals surface area contributed by atoms with Crippen LogP contribution in [0, 0.1) is 10.7 Å². The highest BCUT2D eigenvalue weighted by Gasteiger charge is 2.18. The number of esters is 1. The molecular weight excluding hydrogens is 378 g/mol. The Labute approximate surface area is 167 Å². The number of carbonyl (C=O) groups is 3. The molecule has 0 unspecified atom stereocenters. The molecule has 2 N–H and O–H groups in total. The minimum absolute atomic E-state index is 0.178. The number of rotatable bonds is 7. The van der Waals surface area contributed by atoms with Crippen LogP contribution in [0.2, 0.25) is 0 Å². The lowest BCUT2D eigenvalue weighted by atomic mass is 10.1. The zero-order valence-corrected chi connectivity index (χ0v) is 16.0.